The fourth-order valence-electron chi connectivity index (χ4n) is 1.30. The number of hydrogen-bond acceptors (Lipinski definition) is 5. The summed E-state index contributed by atoms with van der Waals surface area (Å²) in [7, 11) is -7.45. The summed E-state index contributed by atoms with van der Waals surface area (Å²) in [6.07, 6.45) is 0. The Kier molecular flexibility index (Phi) is 5.53. The van der Waals surface area contributed by atoms with Gasteiger partial charge >= 0.3 is 0 Å². The van der Waals surface area contributed by atoms with E-state index in [4.69, 9.17) is 5.73 Å². The van der Waals surface area contributed by atoms with Crippen molar-refractivity contribution >= 4 is 41.5 Å². The van der Waals surface area contributed by atoms with Gasteiger partial charge in [-0.05, 0) is 28.1 Å². The zero-order valence-electron chi connectivity index (χ0n) is 10.6. The number of nitrogens with one attached hydrogen (secondary N) is 1. The number of benzene rings is 1. The van der Waals surface area contributed by atoms with Crippen LogP contribution in [0.1, 0.15) is 6.92 Å². The lowest BCUT2D eigenvalue weighted by molar-refractivity contribution is 0.558. The Balaban J connectivity index is 2.93. The van der Waals surface area contributed by atoms with Gasteiger partial charge in [0, 0.05) is 22.5 Å². The highest BCUT2D eigenvalue weighted by atomic mass is 79.9. The van der Waals surface area contributed by atoms with Crippen LogP contribution in [0.3, 0.4) is 0 Å². The fourth-order valence-corrected chi connectivity index (χ4v) is 3.57. The van der Waals surface area contributed by atoms with Gasteiger partial charge in [-0.3, -0.25) is 0 Å². The van der Waals surface area contributed by atoms with Crippen LogP contribution < -0.4 is 10.5 Å². The Morgan fingerprint density at radius 2 is 1.90 bits per heavy atom. The van der Waals surface area contributed by atoms with Crippen molar-refractivity contribution in [3.8, 4) is 0 Å². The molecular formula is C10H14BrFN2O4S2. The second-order valence-electron chi connectivity index (χ2n) is 3.94. The smallest absolute Gasteiger partial charge is 0.243 e. The first-order valence-corrected chi connectivity index (χ1v) is 9.63. The van der Waals surface area contributed by atoms with E-state index < -0.39 is 30.6 Å². The van der Waals surface area contributed by atoms with Crippen molar-refractivity contribution in [1.29, 1.82) is 0 Å². The number of hydrogen-bond donors (Lipinski definition) is 2. The molecule has 0 aliphatic carbocycles. The highest BCUT2D eigenvalue weighted by Gasteiger charge is 2.21. The van der Waals surface area contributed by atoms with Gasteiger partial charge in [-0.1, -0.05) is 6.92 Å². The Bertz CT molecular complexity index is 704. The first-order valence-electron chi connectivity index (χ1n) is 5.53. The van der Waals surface area contributed by atoms with E-state index in [-0.39, 0.29) is 28.2 Å². The van der Waals surface area contributed by atoms with E-state index in [0.717, 1.165) is 12.1 Å². The van der Waals surface area contributed by atoms with Gasteiger partial charge in [0.2, 0.25) is 10.0 Å². The highest BCUT2D eigenvalue weighted by molar-refractivity contribution is 9.10. The lowest BCUT2D eigenvalue weighted by atomic mass is 10.3. The van der Waals surface area contributed by atoms with Crippen molar-refractivity contribution in [1.82, 2.24) is 4.72 Å². The predicted octanol–water partition coefficient (Wildman–Crippen LogP) is 0.883. The molecule has 6 nitrogen and oxygen atoms in total. The Labute approximate surface area is 125 Å². The van der Waals surface area contributed by atoms with Crippen LogP contribution >= 0.6 is 15.9 Å². The van der Waals surface area contributed by atoms with E-state index in [2.05, 4.69) is 15.9 Å². The molecule has 1 rings (SSSR count). The van der Waals surface area contributed by atoms with Crippen LogP contribution in [0.2, 0.25) is 0 Å². The summed E-state index contributed by atoms with van der Waals surface area (Å²) in [6, 6.07) is 1.91. The van der Waals surface area contributed by atoms with Gasteiger partial charge in [0.15, 0.2) is 9.84 Å². The second kappa shape index (κ2) is 6.37. The first kappa shape index (κ1) is 17.3. The molecule has 0 spiro atoms. The zero-order chi connectivity index (χ0) is 15.6. The third kappa shape index (κ3) is 4.40. The van der Waals surface area contributed by atoms with Crippen molar-refractivity contribution in [2.75, 3.05) is 23.8 Å². The Morgan fingerprint density at radius 1 is 1.30 bits per heavy atom. The lowest BCUT2D eigenvalue weighted by Gasteiger charge is -2.09. The summed E-state index contributed by atoms with van der Waals surface area (Å²) in [5.74, 6) is -1.41. The molecule has 0 heterocycles. The maximum absolute atomic E-state index is 13.6. The van der Waals surface area contributed by atoms with Crippen molar-refractivity contribution in [3.05, 3.63) is 22.4 Å². The quantitative estimate of drug-likeness (QED) is 0.703. The van der Waals surface area contributed by atoms with E-state index >= 15 is 0 Å². The van der Waals surface area contributed by atoms with Gasteiger partial charge in [0.05, 0.1) is 5.75 Å². The molecule has 20 heavy (non-hydrogen) atoms. The second-order valence-corrected chi connectivity index (χ2v) is 9.00. The standard InChI is InChI=1S/C10H14BrFN2O4S2/c1-2-19(15,16)4-3-14-20(17,18)10-6-9(13)7(11)5-8(10)12/h5-6,14H,2-4,13H2,1H3. The molecule has 0 aromatic heterocycles. The lowest BCUT2D eigenvalue weighted by Crippen LogP contribution is -2.30. The average Bonchev–Trinajstić information content (AvgIpc) is 2.33. The number of sulfone groups is 1. The minimum absolute atomic E-state index is 0.0629. The molecule has 0 unspecified atom stereocenters. The predicted molar refractivity (Wildman–Crippen MR) is 78.0 cm³/mol. The van der Waals surface area contributed by atoms with Crippen molar-refractivity contribution in [3.63, 3.8) is 0 Å². The van der Waals surface area contributed by atoms with E-state index in [0.29, 0.717) is 0 Å². The minimum atomic E-state index is -4.15. The summed E-state index contributed by atoms with van der Waals surface area (Å²) in [5.41, 5.74) is 5.57. The molecule has 0 bridgehead atoms. The molecule has 0 fully saturated rings. The maximum Gasteiger partial charge on any atom is 0.243 e. The topological polar surface area (TPSA) is 106 Å². The number of nitrogens with two attached hydrogens (primary N) is 1. The number of nitrogen functional groups attached to an aromatic ring is 1. The molecule has 0 radical (unpaired) electrons. The molecular weight excluding hydrogens is 375 g/mol. The molecule has 10 heteroatoms. The van der Waals surface area contributed by atoms with E-state index in [9.17, 15) is 21.2 Å². The van der Waals surface area contributed by atoms with Crippen molar-refractivity contribution < 1.29 is 21.2 Å². The molecule has 1 aromatic rings. The van der Waals surface area contributed by atoms with Gasteiger partial charge < -0.3 is 5.73 Å². The van der Waals surface area contributed by atoms with Crippen molar-refractivity contribution in [2.45, 2.75) is 11.8 Å². The first-order chi connectivity index (χ1) is 9.09. The molecule has 0 amide bonds. The molecule has 0 aliphatic rings. The van der Waals surface area contributed by atoms with Gasteiger partial charge in [-0.25, -0.2) is 25.9 Å². The van der Waals surface area contributed by atoms with Crippen LogP contribution in [0.25, 0.3) is 0 Å². The summed E-state index contributed by atoms with van der Waals surface area (Å²) < 4.78 is 62.2. The van der Waals surface area contributed by atoms with Gasteiger partial charge in [-0.15, -0.1) is 0 Å². The summed E-state index contributed by atoms with van der Waals surface area (Å²) in [6.45, 7) is 1.13. The van der Waals surface area contributed by atoms with Crippen LogP contribution in [-0.4, -0.2) is 34.9 Å². The maximum atomic E-state index is 13.6. The number of halogens is 2. The molecule has 0 saturated heterocycles. The summed E-state index contributed by atoms with van der Waals surface area (Å²) in [4.78, 5) is -0.618. The highest BCUT2D eigenvalue weighted by Crippen LogP contribution is 2.25. The average molecular weight is 389 g/mol. The molecule has 114 valence electrons. The summed E-state index contributed by atoms with van der Waals surface area (Å²) in [5, 5.41) is 0. The Hall–Kier alpha value is -0.710. The van der Waals surface area contributed by atoms with Crippen LogP contribution in [0.15, 0.2) is 21.5 Å². The zero-order valence-corrected chi connectivity index (χ0v) is 13.8. The van der Waals surface area contributed by atoms with Gasteiger partial charge in [0.25, 0.3) is 0 Å². The molecule has 0 atom stereocenters. The van der Waals surface area contributed by atoms with Crippen molar-refractivity contribution in [2.24, 2.45) is 0 Å². The van der Waals surface area contributed by atoms with E-state index in [1.165, 1.54) is 6.92 Å². The normalized spacial score (nSPS) is 12.6. The van der Waals surface area contributed by atoms with Crippen LogP contribution in [0, 0.1) is 5.82 Å². The third-order valence-corrected chi connectivity index (χ3v) is 6.35. The number of sulfonamides is 1. The fraction of sp³-hybridized carbons (Fsp3) is 0.400. The van der Waals surface area contributed by atoms with E-state index in [1.807, 2.05) is 4.72 Å². The molecule has 0 aliphatic heterocycles. The molecule has 3 N–H and O–H groups in total. The van der Waals surface area contributed by atoms with Gasteiger partial charge in [0.1, 0.15) is 10.7 Å². The van der Waals surface area contributed by atoms with Crippen LogP contribution in [0.5, 0.6) is 0 Å². The molecule has 0 saturated carbocycles. The number of rotatable bonds is 6. The monoisotopic (exact) mass is 388 g/mol. The largest absolute Gasteiger partial charge is 0.398 e. The van der Waals surface area contributed by atoms with Crippen LogP contribution in [-0.2, 0) is 19.9 Å². The minimum Gasteiger partial charge on any atom is -0.398 e. The molecule has 1 aromatic carbocycles. The van der Waals surface area contributed by atoms with Gasteiger partial charge in [-0.2, -0.15) is 0 Å². The SMILES string of the molecule is CCS(=O)(=O)CCNS(=O)(=O)c1cc(N)c(Br)cc1F. The van der Waals surface area contributed by atoms with E-state index in [1.54, 1.807) is 0 Å². The third-order valence-electron chi connectivity index (χ3n) is 2.49. The summed E-state index contributed by atoms with van der Waals surface area (Å²) >= 11 is 2.98. The van der Waals surface area contributed by atoms with Crippen LogP contribution in [0.4, 0.5) is 10.1 Å². The Morgan fingerprint density at radius 3 is 2.45 bits per heavy atom. The number of anilines is 1.